The fourth-order valence-electron chi connectivity index (χ4n) is 3.00. The van der Waals surface area contributed by atoms with Gasteiger partial charge in [-0.05, 0) is 61.7 Å². The minimum atomic E-state index is -3.74. The largest absolute Gasteiger partial charge is 0.331 e. The molecule has 7 nitrogen and oxygen atoms in total. The summed E-state index contributed by atoms with van der Waals surface area (Å²) in [4.78, 5) is 16.8. The Balaban J connectivity index is 1.61. The van der Waals surface area contributed by atoms with Gasteiger partial charge in [0.25, 0.3) is 0 Å². The molecule has 0 atom stereocenters. The molecule has 0 fully saturated rings. The van der Waals surface area contributed by atoms with Crippen molar-refractivity contribution in [1.29, 1.82) is 0 Å². The van der Waals surface area contributed by atoms with Crippen LogP contribution in [-0.4, -0.2) is 41.8 Å². The van der Waals surface area contributed by atoms with Gasteiger partial charge in [0.2, 0.25) is 15.9 Å². The monoisotopic (exact) mass is 426 g/mol. The molecule has 0 spiro atoms. The van der Waals surface area contributed by atoms with Crippen molar-refractivity contribution < 1.29 is 13.2 Å². The average Bonchev–Trinajstić information content (AvgIpc) is 3.09. The molecule has 3 aromatic rings. The van der Waals surface area contributed by atoms with Crippen LogP contribution in [0.25, 0.3) is 0 Å². The van der Waals surface area contributed by atoms with Crippen LogP contribution in [0, 0.1) is 20.8 Å². The van der Waals surface area contributed by atoms with E-state index in [1.807, 2.05) is 43.7 Å². The molecule has 0 saturated heterocycles. The Labute approximate surface area is 177 Å². The van der Waals surface area contributed by atoms with E-state index in [9.17, 15) is 13.2 Å². The highest BCUT2D eigenvalue weighted by Crippen LogP contribution is 2.18. The summed E-state index contributed by atoms with van der Waals surface area (Å²) >= 11 is 0. The van der Waals surface area contributed by atoms with Gasteiger partial charge in [0.05, 0.1) is 11.4 Å². The van der Waals surface area contributed by atoms with E-state index in [1.165, 1.54) is 7.05 Å². The normalized spacial score (nSPS) is 11.6. The predicted octanol–water partition coefficient (Wildman–Crippen LogP) is 3.12. The number of benzene rings is 2. The number of anilines is 1. The lowest BCUT2D eigenvalue weighted by molar-refractivity contribution is -0.116. The third-order valence-corrected chi connectivity index (χ3v) is 6.87. The molecule has 0 unspecified atom stereocenters. The Morgan fingerprint density at radius 3 is 2.37 bits per heavy atom. The van der Waals surface area contributed by atoms with Gasteiger partial charge in [-0.3, -0.25) is 4.79 Å². The number of imidazole rings is 1. The molecule has 0 saturated carbocycles. The first-order valence-electron chi connectivity index (χ1n) is 9.57. The van der Waals surface area contributed by atoms with Crippen LogP contribution in [0.2, 0.25) is 0 Å². The van der Waals surface area contributed by atoms with E-state index in [2.05, 4.69) is 10.3 Å². The van der Waals surface area contributed by atoms with Gasteiger partial charge in [0.1, 0.15) is 5.82 Å². The van der Waals surface area contributed by atoms with Crippen LogP contribution in [0.1, 0.15) is 22.5 Å². The van der Waals surface area contributed by atoms with E-state index < -0.39 is 15.9 Å². The topological polar surface area (TPSA) is 84.3 Å². The predicted molar refractivity (Wildman–Crippen MR) is 117 cm³/mol. The Morgan fingerprint density at radius 2 is 1.77 bits per heavy atom. The molecule has 3 rings (SSSR count). The van der Waals surface area contributed by atoms with Crippen LogP contribution >= 0.6 is 0 Å². The lowest BCUT2D eigenvalue weighted by Gasteiger charge is -2.17. The number of carbonyl (C=O) groups is 1. The molecule has 8 heteroatoms. The standard InChI is InChI=1S/C22H26N4O3S/c1-16-5-10-21(13-17(16)2)30(28,29)25(4)15-22(27)24-20-8-6-19(7-9-20)14-26-12-11-23-18(26)3/h5-13H,14-15H2,1-4H3,(H,24,27). The quantitative estimate of drug-likeness (QED) is 0.629. The molecule has 1 heterocycles. The van der Waals surface area contributed by atoms with E-state index in [0.29, 0.717) is 12.2 Å². The molecular formula is C22H26N4O3S. The highest BCUT2D eigenvalue weighted by Gasteiger charge is 2.23. The second-order valence-corrected chi connectivity index (χ2v) is 9.40. The molecule has 158 valence electrons. The molecular weight excluding hydrogens is 400 g/mol. The molecule has 1 aromatic heterocycles. The van der Waals surface area contributed by atoms with Gasteiger partial charge < -0.3 is 9.88 Å². The molecule has 0 radical (unpaired) electrons. The maximum Gasteiger partial charge on any atom is 0.243 e. The fraction of sp³-hybridized carbons (Fsp3) is 0.273. The Bertz CT molecular complexity index is 1150. The fourth-order valence-corrected chi connectivity index (χ4v) is 4.22. The highest BCUT2D eigenvalue weighted by atomic mass is 32.2. The van der Waals surface area contributed by atoms with Crippen LogP contribution in [0.4, 0.5) is 5.69 Å². The lowest BCUT2D eigenvalue weighted by atomic mass is 10.1. The molecule has 0 aliphatic heterocycles. The molecule has 30 heavy (non-hydrogen) atoms. The third kappa shape index (κ3) is 4.95. The van der Waals surface area contributed by atoms with Crippen molar-refractivity contribution in [3.05, 3.63) is 77.4 Å². The number of amides is 1. The van der Waals surface area contributed by atoms with Crippen LogP contribution in [0.5, 0.6) is 0 Å². The SMILES string of the molecule is Cc1ccc(S(=O)(=O)N(C)CC(=O)Nc2ccc(Cn3ccnc3C)cc2)cc1C. The number of hydrogen-bond acceptors (Lipinski definition) is 4. The van der Waals surface area contributed by atoms with E-state index in [-0.39, 0.29) is 11.4 Å². The number of carbonyl (C=O) groups excluding carboxylic acids is 1. The highest BCUT2D eigenvalue weighted by molar-refractivity contribution is 7.89. The second kappa shape index (κ2) is 8.81. The van der Waals surface area contributed by atoms with E-state index in [4.69, 9.17) is 0 Å². The molecule has 0 aliphatic carbocycles. The summed E-state index contributed by atoms with van der Waals surface area (Å²) in [5.74, 6) is 0.531. The van der Waals surface area contributed by atoms with Gasteiger partial charge in [-0.25, -0.2) is 13.4 Å². The Morgan fingerprint density at radius 1 is 1.07 bits per heavy atom. The van der Waals surface area contributed by atoms with Crippen LogP contribution < -0.4 is 5.32 Å². The van der Waals surface area contributed by atoms with Gasteiger partial charge >= 0.3 is 0 Å². The van der Waals surface area contributed by atoms with Gasteiger partial charge in [0.15, 0.2) is 0 Å². The molecule has 0 bridgehead atoms. The Hall–Kier alpha value is -2.97. The number of aryl methyl sites for hydroxylation is 3. The number of rotatable bonds is 7. The Kier molecular flexibility index (Phi) is 6.38. The minimum Gasteiger partial charge on any atom is -0.331 e. The van der Waals surface area contributed by atoms with Gasteiger partial charge in [-0.15, -0.1) is 0 Å². The number of sulfonamides is 1. The van der Waals surface area contributed by atoms with E-state index in [0.717, 1.165) is 26.8 Å². The van der Waals surface area contributed by atoms with E-state index in [1.54, 1.807) is 36.5 Å². The molecule has 1 N–H and O–H groups in total. The van der Waals surface area contributed by atoms with Crippen molar-refractivity contribution in [2.24, 2.45) is 0 Å². The number of hydrogen-bond donors (Lipinski definition) is 1. The van der Waals surface area contributed by atoms with Gasteiger partial charge in [-0.1, -0.05) is 18.2 Å². The zero-order chi connectivity index (χ0) is 21.9. The zero-order valence-corrected chi connectivity index (χ0v) is 18.4. The summed E-state index contributed by atoms with van der Waals surface area (Å²) in [6.07, 6.45) is 3.67. The number of nitrogens with one attached hydrogen (secondary N) is 1. The first-order valence-corrected chi connectivity index (χ1v) is 11.0. The van der Waals surface area contributed by atoms with Crippen molar-refractivity contribution >= 4 is 21.6 Å². The summed E-state index contributed by atoms with van der Waals surface area (Å²) in [6.45, 7) is 6.14. The van der Waals surface area contributed by atoms with Crippen molar-refractivity contribution in [3.8, 4) is 0 Å². The first-order chi connectivity index (χ1) is 14.2. The summed E-state index contributed by atoms with van der Waals surface area (Å²) < 4.78 is 28.6. The molecule has 1 amide bonds. The lowest BCUT2D eigenvalue weighted by Crippen LogP contribution is -2.35. The maximum absolute atomic E-state index is 12.7. The van der Waals surface area contributed by atoms with E-state index >= 15 is 0 Å². The number of likely N-dealkylation sites (N-methyl/N-ethyl adjacent to an activating group) is 1. The zero-order valence-electron chi connectivity index (χ0n) is 17.6. The van der Waals surface area contributed by atoms with Crippen LogP contribution in [0.3, 0.4) is 0 Å². The minimum absolute atomic E-state index is 0.181. The van der Waals surface area contributed by atoms with Crippen LogP contribution in [-0.2, 0) is 21.4 Å². The average molecular weight is 427 g/mol. The number of aromatic nitrogens is 2. The summed E-state index contributed by atoms with van der Waals surface area (Å²) in [6, 6.07) is 12.4. The van der Waals surface area contributed by atoms with Gasteiger partial charge in [0, 0.05) is 31.7 Å². The molecule has 0 aliphatic rings. The van der Waals surface area contributed by atoms with Crippen molar-refractivity contribution in [3.63, 3.8) is 0 Å². The summed E-state index contributed by atoms with van der Waals surface area (Å²) in [5.41, 5.74) is 3.59. The van der Waals surface area contributed by atoms with Gasteiger partial charge in [-0.2, -0.15) is 4.31 Å². The number of nitrogens with zero attached hydrogens (tertiary/aromatic N) is 3. The van der Waals surface area contributed by atoms with Crippen molar-refractivity contribution in [2.45, 2.75) is 32.2 Å². The molecule has 2 aromatic carbocycles. The van der Waals surface area contributed by atoms with Crippen molar-refractivity contribution in [1.82, 2.24) is 13.9 Å². The van der Waals surface area contributed by atoms with Crippen LogP contribution in [0.15, 0.2) is 59.8 Å². The first kappa shape index (κ1) is 21.7. The second-order valence-electron chi connectivity index (χ2n) is 7.35. The summed E-state index contributed by atoms with van der Waals surface area (Å²) in [5, 5.41) is 2.75. The summed E-state index contributed by atoms with van der Waals surface area (Å²) in [7, 11) is -2.34. The third-order valence-electron chi connectivity index (χ3n) is 5.07. The maximum atomic E-state index is 12.7. The van der Waals surface area contributed by atoms with Crippen molar-refractivity contribution in [2.75, 3.05) is 18.9 Å². The smallest absolute Gasteiger partial charge is 0.243 e.